The SMILES string of the molecule is CCOC(=O)C(CCC[n+]1cc2ccccc2c2ccccc21)C(=O)OCC.[Br-]. The lowest BCUT2D eigenvalue weighted by Gasteiger charge is -2.13. The predicted octanol–water partition coefficient (Wildman–Crippen LogP) is 0.807. The Kier molecular flexibility index (Phi) is 8.58. The number of aryl methyl sites for hydroxylation is 1. The van der Waals surface area contributed by atoms with Crippen molar-refractivity contribution in [2.24, 2.45) is 5.92 Å². The zero-order chi connectivity index (χ0) is 19.9. The maximum atomic E-state index is 12.2. The molecule has 0 saturated heterocycles. The summed E-state index contributed by atoms with van der Waals surface area (Å²) in [5.74, 6) is -1.88. The second-order valence-corrected chi connectivity index (χ2v) is 6.63. The van der Waals surface area contributed by atoms with Gasteiger partial charge in [0.05, 0.1) is 18.6 Å². The summed E-state index contributed by atoms with van der Waals surface area (Å²) >= 11 is 0. The maximum Gasteiger partial charge on any atom is 0.320 e. The van der Waals surface area contributed by atoms with E-state index in [9.17, 15) is 9.59 Å². The summed E-state index contributed by atoms with van der Waals surface area (Å²) in [5, 5.41) is 3.56. The lowest BCUT2D eigenvalue weighted by molar-refractivity contribution is -0.670. The number of halogens is 1. The van der Waals surface area contributed by atoms with Gasteiger partial charge in [-0.25, -0.2) is 0 Å². The Hall–Kier alpha value is -2.47. The molecule has 1 heterocycles. The summed E-state index contributed by atoms with van der Waals surface area (Å²) in [5.41, 5.74) is 1.13. The molecular formula is C23H26BrNO4. The lowest BCUT2D eigenvalue weighted by Crippen LogP contribution is -3.00. The lowest BCUT2D eigenvalue weighted by atomic mass is 10.0. The van der Waals surface area contributed by atoms with Gasteiger partial charge < -0.3 is 26.5 Å². The van der Waals surface area contributed by atoms with Crippen LogP contribution in [-0.2, 0) is 25.6 Å². The first-order chi connectivity index (χ1) is 13.7. The van der Waals surface area contributed by atoms with Crippen LogP contribution in [0.3, 0.4) is 0 Å². The van der Waals surface area contributed by atoms with Crippen molar-refractivity contribution < 1.29 is 40.6 Å². The van der Waals surface area contributed by atoms with Crippen LogP contribution in [0.1, 0.15) is 26.7 Å². The molecule has 0 amide bonds. The van der Waals surface area contributed by atoms with Crippen LogP contribution in [0.2, 0.25) is 0 Å². The Bertz CT molecular complexity index is 971. The topological polar surface area (TPSA) is 56.5 Å². The maximum absolute atomic E-state index is 12.2. The van der Waals surface area contributed by atoms with Gasteiger partial charge in [0, 0.05) is 23.3 Å². The zero-order valence-corrected chi connectivity index (χ0v) is 18.4. The molecule has 0 N–H and O–H groups in total. The largest absolute Gasteiger partial charge is 1.00 e. The molecule has 2 aromatic carbocycles. The average Bonchev–Trinajstić information content (AvgIpc) is 2.71. The Balaban J connectivity index is 0.00000300. The van der Waals surface area contributed by atoms with E-state index < -0.39 is 17.9 Å². The first-order valence-corrected chi connectivity index (χ1v) is 9.79. The third kappa shape index (κ3) is 5.32. The summed E-state index contributed by atoms with van der Waals surface area (Å²) < 4.78 is 12.3. The van der Waals surface area contributed by atoms with Gasteiger partial charge in [-0.15, -0.1) is 0 Å². The van der Waals surface area contributed by atoms with Gasteiger partial charge in [-0.05, 0) is 32.4 Å². The summed E-state index contributed by atoms with van der Waals surface area (Å²) in [6, 6.07) is 16.6. The van der Waals surface area contributed by atoms with Gasteiger partial charge in [0.25, 0.3) is 0 Å². The smallest absolute Gasteiger partial charge is 0.320 e. The third-order valence-corrected chi connectivity index (χ3v) is 4.79. The highest BCUT2D eigenvalue weighted by Crippen LogP contribution is 2.22. The number of carbonyl (C=O) groups is 2. The van der Waals surface area contributed by atoms with E-state index in [1.54, 1.807) is 13.8 Å². The fourth-order valence-corrected chi connectivity index (χ4v) is 3.51. The molecule has 0 bridgehead atoms. The molecule has 6 heteroatoms. The minimum atomic E-state index is -0.868. The van der Waals surface area contributed by atoms with Crippen molar-refractivity contribution in [3.63, 3.8) is 0 Å². The van der Waals surface area contributed by atoms with Crippen molar-refractivity contribution >= 4 is 33.6 Å². The number of pyridine rings is 1. The zero-order valence-electron chi connectivity index (χ0n) is 16.8. The van der Waals surface area contributed by atoms with E-state index in [2.05, 4.69) is 35.0 Å². The normalized spacial score (nSPS) is 10.7. The van der Waals surface area contributed by atoms with Gasteiger partial charge in [0.15, 0.2) is 12.1 Å². The predicted molar refractivity (Wildman–Crippen MR) is 108 cm³/mol. The number of ether oxygens (including phenoxy) is 2. The standard InChI is InChI=1S/C23H26NO4.BrH/c1-3-27-22(25)20(23(26)28-4-2)13-9-15-24-16-17-10-5-6-11-18(17)19-12-7-8-14-21(19)24;/h5-8,10-12,14,16,20H,3-4,9,13,15H2,1-2H3;1H/q+1;/p-1. The van der Waals surface area contributed by atoms with Crippen molar-refractivity contribution in [3.8, 4) is 0 Å². The molecule has 0 saturated carbocycles. The molecular weight excluding hydrogens is 434 g/mol. The Labute approximate surface area is 181 Å². The second kappa shape index (κ2) is 10.9. The van der Waals surface area contributed by atoms with Crippen molar-refractivity contribution in [3.05, 3.63) is 54.7 Å². The summed E-state index contributed by atoms with van der Waals surface area (Å²) in [4.78, 5) is 24.3. The van der Waals surface area contributed by atoms with Gasteiger partial charge in [-0.3, -0.25) is 9.59 Å². The number of rotatable bonds is 8. The Morgan fingerprint density at radius 2 is 1.48 bits per heavy atom. The number of esters is 2. The van der Waals surface area contributed by atoms with Crippen LogP contribution in [0.25, 0.3) is 21.7 Å². The molecule has 0 aliphatic rings. The van der Waals surface area contributed by atoms with E-state index in [1.807, 2.05) is 24.3 Å². The number of nitrogens with zero attached hydrogens (tertiary/aromatic N) is 1. The van der Waals surface area contributed by atoms with Crippen molar-refractivity contribution in [1.82, 2.24) is 0 Å². The Morgan fingerprint density at radius 1 is 0.897 bits per heavy atom. The van der Waals surface area contributed by atoms with Gasteiger partial charge >= 0.3 is 11.9 Å². The molecule has 3 aromatic rings. The molecule has 154 valence electrons. The van der Waals surface area contributed by atoms with Crippen LogP contribution in [0, 0.1) is 5.92 Å². The minimum absolute atomic E-state index is 0. The molecule has 29 heavy (non-hydrogen) atoms. The third-order valence-electron chi connectivity index (χ3n) is 4.79. The quantitative estimate of drug-likeness (QED) is 0.216. The van der Waals surface area contributed by atoms with Gasteiger partial charge in [-0.1, -0.05) is 30.3 Å². The molecule has 0 unspecified atom stereocenters. The van der Waals surface area contributed by atoms with E-state index in [0.29, 0.717) is 19.4 Å². The number of benzene rings is 2. The van der Waals surface area contributed by atoms with E-state index >= 15 is 0 Å². The van der Waals surface area contributed by atoms with Gasteiger partial charge in [-0.2, -0.15) is 4.57 Å². The highest BCUT2D eigenvalue weighted by molar-refractivity contribution is 6.03. The minimum Gasteiger partial charge on any atom is -1.00 e. The van der Waals surface area contributed by atoms with Crippen LogP contribution in [0.4, 0.5) is 0 Å². The number of hydrogen-bond donors (Lipinski definition) is 0. The van der Waals surface area contributed by atoms with Crippen LogP contribution in [-0.4, -0.2) is 25.2 Å². The van der Waals surface area contributed by atoms with Crippen LogP contribution >= 0.6 is 0 Å². The molecule has 3 rings (SSSR count). The molecule has 1 aromatic heterocycles. The molecule has 0 spiro atoms. The molecule has 0 atom stereocenters. The fourth-order valence-electron chi connectivity index (χ4n) is 3.51. The van der Waals surface area contributed by atoms with Crippen LogP contribution < -0.4 is 21.5 Å². The summed E-state index contributed by atoms with van der Waals surface area (Å²) in [6.45, 7) is 4.66. The molecule has 0 fully saturated rings. The number of aromatic nitrogens is 1. The van der Waals surface area contributed by atoms with E-state index in [-0.39, 0.29) is 30.2 Å². The number of hydrogen-bond acceptors (Lipinski definition) is 4. The van der Waals surface area contributed by atoms with E-state index in [1.165, 1.54) is 10.8 Å². The first kappa shape index (κ1) is 22.8. The number of fused-ring (bicyclic) bond motifs is 3. The molecule has 5 nitrogen and oxygen atoms in total. The second-order valence-electron chi connectivity index (χ2n) is 6.63. The van der Waals surface area contributed by atoms with Crippen molar-refractivity contribution in [1.29, 1.82) is 0 Å². The summed E-state index contributed by atoms with van der Waals surface area (Å²) in [6.07, 6.45) is 3.18. The molecule has 0 aliphatic carbocycles. The summed E-state index contributed by atoms with van der Waals surface area (Å²) in [7, 11) is 0. The number of para-hydroxylation sites is 1. The van der Waals surface area contributed by atoms with Gasteiger partial charge in [0.2, 0.25) is 5.52 Å². The van der Waals surface area contributed by atoms with Gasteiger partial charge in [0.1, 0.15) is 6.54 Å². The van der Waals surface area contributed by atoms with Crippen molar-refractivity contribution in [2.45, 2.75) is 33.2 Å². The monoisotopic (exact) mass is 459 g/mol. The van der Waals surface area contributed by atoms with E-state index in [4.69, 9.17) is 9.47 Å². The van der Waals surface area contributed by atoms with Crippen LogP contribution in [0.5, 0.6) is 0 Å². The average molecular weight is 460 g/mol. The van der Waals surface area contributed by atoms with Crippen LogP contribution in [0.15, 0.2) is 54.7 Å². The number of carbonyl (C=O) groups excluding carboxylic acids is 2. The van der Waals surface area contributed by atoms with E-state index in [0.717, 1.165) is 10.9 Å². The Morgan fingerprint density at radius 3 is 2.14 bits per heavy atom. The highest BCUT2D eigenvalue weighted by atomic mass is 79.9. The van der Waals surface area contributed by atoms with Crippen molar-refractivity contribution in [2.75, 3.05) is 13.2 Å². The first-order valence-electron chi connectivity index (χ1n) is 9.79. The highest BCUT2D eigenvalue weighted by Gasteiger charge is 2.29. The molecule has 0 aliphatic heterocycles. The molecule has 0 radical (unpaired) electrons. The fraction of sp³-hybridized carbons (Fsp3) is 0.348.